The molecule has 0 bridgehead atoms. The van der Waals surface area contributed by atoms with Crippen molar-refractivity contribution < 1.29 is 14.3 Å². The summed E-state index contributed by atoms with van der Waals surface area (Å²) < 4.78 is 4.94. The fraction of sp³-hybridized carbons (Fsp3) is 0.333. The third-order valence-corrected chi connectivity index (χ3v) is 3.10. The van der Waals surface area contributed by atoms with E-state index in [0.29, 0.717) is 6.54 Å². The number of rotatable bonds is 4. The first-order valence-corrected chi connectivity index (χ1v) is 6.40. The van der Waals surface area contributed by atoms with Gasteiger partial charge >= 0.3 is 5.97 Å². The fourth-order valence-corrected chi connectivity index (χ4v) is 2.13. The van der Waals surface area contributed by atoms with Crippen molar-refractivity contribution in [2.75, 3.05) is 13.2 Å². The fourth-order valence-electron chi connectivity index (χ4n) is 2.13. The maximum Gasteiger partial charge on any atom is 0.319 e. The molecule has 100 valence electrons. The highest BCUT2D eigenvalue weighted by Crippen LogP contribution is 2.22. The zero-order valence-corrected chi connectivity index (χ0v) is 10.8. The Hall–Kier alpha value is -2.10. The molecule has 1 amide bonds. The van der Waals surface area contributed by atoms with E-state index in [2.05, 4.69) is 5.32 Å². The first-order chi connectivity index (χ1) is 9.22. The number of hydrogen-bond acceptors (Lipinski definition) is 3. The average Bonchev–Trinajstić information content (AvgIpc) is 2.79. The maximum absolute atomic E-state index is 11.8. The smallest absolute Gasteiger partial charge is 0.319 e. The second kappa shape index (κ2) is 6.18. The predicted molar refractivity (Wildman–Crippen MR) is 72.1 cm³/mol. The Bertz CT molecular complexity index is 481. The molecule has 0 saturated carbocycles. The van der Waals surface area contributed by atoms with Crippen LogP contribution in [0, 0.1) is 11.8 Å². The van der Waals surface area contributed by atoms with Crippen molar-refractivity contribution in [3.63, 3.8) is 0 Å². The van der Waals surface area contributed by atoms with Gasteiger partial charge in [0.2, 0.25) is 5.91 Å². The first-order valence-electron chi connectivity index (χ1n) is 6.40. The van der Waals surface area contributed by atoms with E-state index in [1.54, 1.807) is 6.92 Å². The van der Waals surface area contributed by atoms with Crippen molar-refractivity contribution in [2.24, 2.45) is 11.8 Å². The number of nitrogens with one attached hydrogen (secondary N) is 1. The molecule has 0 radical (unpaired) electrons. The van der Waals surface area contributed by atoms with Gasteiger partial charge in [0, 0.05) is 12.5 Å². The van der Waals surface area contributed by atoms with Crippen molar-refractivity contribution in [1.82, 2.24) is 5.32 Å². The Kier molecular flexibility index (Phi) is 4.34. The molecule has 2 atom stereocenters. The highest BCUT2D eigenvalue weighted by atomic mass is 16.5. The van der Waals surface area contributed by atoms with Crippen molar-refractivity contribution >= 4 is 18.0 Å². The predicted octanol–water partition coefficient (Wildman–Crippen LogP) is 1.63. The lowest BCUT2D eigenvalue weighted by molar-refractivity contribution is -0.151. The lowest BCUT2D eigenvalue weighted by Gasteiger charge is -2.11. The third kappa shape index (κ3) is 3.22. The summed E-state index contributed by atoms with van der Waals surface area (Å²) in [7, 11) is 0. The van der Waals surface area contributed by atoms with Crippen LogP contribution in [-0.2, 0) is 14.3 Å². The summed E-state index contributed by atoms with van der Waals surface area (Å²) >= 11 is 0. The van der Waals surface area contributed by atoms with Gasteiger partial charge in [-0.05, 0) is 12.5 Å². The Morgan fingerprint density at radius 3 is 2.84 bits per heavy atom. The van der Waals surface area contributed by atoms with Crippen LogP contribution >= 0.6 is 0 Å². The van der Waals surface area contributed by atoms with E-state index in [1.165, 1.54) is 0 Å². The van der Waals surface area contributed by atoms with E-state index in [-0.39, 0.29) is 18.4 Å². The number of esters is 1. The summed E-state index contributed by atoms with van der Waals surface area (Å²) in [6.45, 7) is 2.50. The van der Waals surface area contributed by atoms with Crippen LogP contribution in [0.25, 0.3) is 6.08 Å². The highest BCUT2D eigenvalue weighted by Gasteiger charge is 2.39. The molecule has 4 nitrogen and oxygen atoms in total. The molecule has 0 aromatic heterocycles. The minimum Gasteiger partial charge on any atom is -0.465 e. The third-order valence-electron chi connectivity index (χ3n) is 3.10. The van der Waals surface area contributed by atoms with Gasteiger partial charge in [-0.2, -0.15) is 0 Å². The number of carbonyl (C=O) groups is 2. The highest BCUT2D eigenvalue weighted by molar-refractivity contribution is 6.00. The second-order valence-corrected chi connectivity index (χ2v) is 4.41. The first kappa shape index (κ1) is 13.3. The molecular formula is C15H17NO3. The van der Waals surface area contributed by atoms with Crippen LogP contribution in [-0.4, -0.2) is 25.0 Å². The molecule has 1 aliphatic rings. The monoisotopic (exact) mass is 259 g/mol. The molecule has 1 aliphatic heterocycles. The molecule has 19 heavy (non-hydrogen) atoms. The van der Waals surface area contributed by atoms with Gasteiger partial charge in [0.05, 0.1) is 6.61 Å². The van der Waals surface area contributed by atoms with Gasteiger partial charge in [-0.1, -0.05) is 42.5 Å². The molecule has 1 aromatic rings. The zero-order chi connectivity index (χ0) is 13.7. The molecule has 4 heteroatoms. The molecule has 1 N–H and O–H groups in total. The maximum atomic E-state index is 11.8. The standard InChI is InChI=1S/C15H17NO3/c1-2-19-15(18)13-12(10-16-14(13)17)9-8-11-6-4-3-5-7-11/h3-9,12-13H,2,10H2,1H3,(H,16,17). The summed E-state index contributed by atoms with van der Waals surface area (Å²) in [5, 5.41) is 2.70. The molecule has 0 aliphatic carbocycles. The molecule has 1 saturated heterocycles. The van der Waals surface area contributed by atoms with E-state index < -0.39 is 11.9 Å². The normalized spacial score (nSPS) is 22.5. The van der Waals surface area contributed by atoms with E-state index in [4.69, 9.17) is 4.74 Å². The van der Waals surface area contributed by atoms with E-state index >= 15 is 0 Å². The van der Waals surface area contributed by atoms with Crippen molar-refractivity contribution in [2.45, 2.75) is 6.92 Å². The molecule has 2 unspecified atom stereocenters. The Balaban J connectivity index is 2.08. The Labute approximate surface area is 112 Å². The van der Waals surface area contributed by atoms with Gasteiger partial charge in [0.1, 0.15) is 5.92 Å². The quantitative estimate of drug-likeness (QED) is 0.660. The number of hydrogen-bond donors (Lipinski definition) is 1. The molecule has 1 heterocycles. The molecule has 1 fully saturated rings. The minimum absolute atomic E-state index is 0.147. The van der Waals surface area contributed by atoms with Crippen LogP contribution in [0.5, 0.6) is 0 Å². The average molecular weight is 259 g/mol. The number of benzene rings is 1. The summed E-state index contributed by atoms with van der Waals surface area (Å²) in [6, 6.07) is 9.78. The summed E-state index contributed by atoms with van der Waals surface area (Å²) in [6.07, 6.45) is 3.83. The number of amides is 1. The summed E-state index contributed by atoms with van der Waals surface area (Å²) in [4.78, 5) is 23.4. The minimum atomic E-state index is -0.722. The van der Waals surface area contributed by atoms with Crippen molar-refractivity contribution in [3.05, 3.63) is 42.0 Å². The lowest BCUT2D eigenvalue weighted by Crippen LogP contribution is -2.29. The van der Waals surface area contributed by atoms with Crippen molar-refractivity contribution in [3.8, 4) is 0 Å². The number of ether oxygens (including phenoxy) is 1. The SMILES string of the molecule is CCOC(=O)C1C(=O)NCC1C=Cc1ccccc1. The van der Waals surface area contributed by atoms with Crippen LogP contribution in [0.3, 0.4) is 0 Å². The van der Waals surface area contributed by atoms with Gasteiger partial charge in [0.25, 0.3) is 0 Å². The van der Waals surface area contributed by atoms with Gasteiger partial charge in [0.15, 0.2) is 0 Å². The number of carbonyl (C=O) groups excluding carboxylic acids is 2. The molecule has 1 aromatic carbocycles. The van der Waals surface area contributed by atoms with E-state index in [0.717, 1.165) is 5.56 Å². The molecule has 0 spiro atoms. The van der Waals surface area contributed by atoms with Crippen LogP contribution in [0.1, 0.15) is 12.5 Å². The van der Waals surface area contributed by atoms with Crippen LogP contribution in [0.2, 0.25) is 0 Å². The largest absolute Gasteiger partial charge is 0.465 e. The summed E-state index contributed by atoms with van der Waals surface area (Å²) in [5.74, 6) is -1.56. The lowest BCUT2D eigenvalue weighted by atomic mass is 9.94. The van der Waals surface area contributed by atoms with Crippen LogP contribution in [0.15, 0.2) is 36.4 Å². The zero-order valence-electron chi connectivity index (χ0n) is 10.8. The van der Waals surface area contributed by atoms with Gasteiger partial charge in [-0.25, -0.2) is 0 Å². The topological polar surface area (TPSA) is 55.4 Å². The van der Waals surface area contributed by atoms with E-state index in [1.807, 2.05) is 42.5 Å². The molecule has 2 rings (SSSR count). The van der Waals surface area contributed by atoms with Gasteiger partial charge < -0.3 is 10.1 Å². The Morgan fingerprint density at radius 1 is 1.42 bits per heavy atom. The Morgan fingerprint density at radius 2 is 2.16 bits per heavy atom. The van der Waals surface area contributed by atoms with Gasteiger partial charge in [-0.3, -0.25) is 9.59 Å². The second-order valence-electron chi connectivity index (χ2n) is 4.41. The van der Waals surface area contributed by atoms with Crippen LogP contribution < -0.4 is 5.32 Å². The van der Waals surface area contributed by atoms with Crippen LogP contribution in [0.4, 0.5) is 0 Å². The van der Waals surface area contributed by atoms with E-state index in [9.17, 15) is 9.59 Å². The summed E-state index contributed by atoms with van der Waals surface area (Å²) in [5.41, 5.74) is 1.05. The molecular weight excluding hydrogens is 242 g/mol. The van der Waals surface area contributed by atoms with Gasteiger partial charge in [-0.15, -0.1) is 0 Å². The van der Waals surface area contributed by atoms with Crippen molar-refractivity contribution in [1.29, 1.82) is 0 Å².